The first kappa shape index (κ1) is 13.2. The Kier molecular flexibility index (Phi) is 3.41. The molecule has 2 aliphatic rings. The Morgan fingerprint density at radius 2 is 1.63 bits per heavy atom. The summed E-state index contributed by atoms with van der Waals surface area (Å²) in [4.78, 5) is 0.294. The molecule has 0 aromatic heterocycles. The first-order valence-electron chi connectivity index (χ1n) is 6.53. The molecule has 2 fully saturated rings. The van der Waals surface area contributed by atoms with Crippen LogP contribution < -0.4 is 0 Å². The maximum atomic E-state index is 12.5. The van der Waals surface area contributed by atoms with E-state index in [2.05, 4.69) is 0 Å². The lowest BCUT2D eigenvalue weighted by atomic mass is 10.1. The van der Waals surface area contributed by atoms with Crippen molar-refractivity contribution in [1.82, 2.24) is 4.31 Å². The van der Waals surface area contributed by atoms with Crippen LogP contribution in [0.15, 0.2) is 40.3 Å². The highest BCUT2D eigenvalue weighted by Gasteiger charge is 2.29. The van der Waals surface area contributed by atoms with Gasteiger partial charge in [-0.25, -0.2) is 8.42 Å². The van der Waals surface area contributed by atoms with Crippen molar-refractivity contribution in [3.05, 3.63) is 40.4 Å². The van der Waals surface area contributed by atoms with Gasteiger partial charge in [-0.05, 0) is 43.9 Å². The number of sulfonamides is 1. The minimum atomic E-state index is -3.39. The fourth-order valence-electron chi connectivity index (χ4n) is 2.54. The van der Waals surface area contributed by atoms with Crippen LogP contribution in [0.5, 0.6) is 0 Å². The van der Waals surface area contributed by atoms with Crippen LogP contribution in [0.2, 0.25) is 5.02 Å². The van der Waals surface area contributed by atoms with Gasteiger partial charge in [0, 0.05) is 18.1 Å². The fraction of sp³-hybridized carbons (Fsp3) is 0.429. The molecular weight excluding hydrogens is 282 g/mol. The van der Waals surface area contributed by atoms with Gasteiger partial charge in [0.1, 0.15) is 0 Å². The first-order valence-corrected chi connectivity index (χ1v) is 8.35. The summed E-state index contributed by atoms with van der Waals surface area (Å²) in [6.07, 6.45) is 4.21. The highest BCUT2D eigenvalue weighted by molar-refractivity contribution is 7.89. The number of benzene rings is 1. The van der Waals surface area contributed by atoms with E-state index in [1.165, 1.54) is 24.5 Å². The van der Waals surface area contributed by atoms with Gasteiger partial charge in [0.2, 0.25) is 10.0 Å². The minimum absolute atomic E-state index is 0.294. The summed E-state index contributed by atoms with van der Waals surface area (Å²) in [5.74, 6) is 0. The van der Waals surface area contributed by atoms with E-state index in [9.17, 15) is 8.42 Å². The summed E-state index contributed by atoms with van der Waals surface area (Å²) >= 11 is 5.87. The zero-order chi connectivity index (χ0) is 13.5. The van der Waals surface area contributed by atoms with Crippen LogP contribution >= 0.6 is 11.6 Å². The van der Waals surface area contributed by atoms with Gasteiger partial charge in [0.05, 0.1) is 4.90 Å². The molecule has 1 aliphatic carbocycles. The Morgan fingerprint density at radius 1 is 1.00 bits per heavy atom. The Balaban J connectivity index is 1.80. The number of hydrogen-bond donors (Lipinski definition) is 0. The Hall–Kier alpha value is -0.840. The molecule has 1 aromatic carbocycles. The minimum Gasteiger partial charge on any atom is -0.207 e. The van der Waals surface area contributed by atoms with Crippen LogP contribution in [0.25, 0.3) is 0 Å². The molecule has 1 saturated heterocycles. The van der Waals surface area contributed by atoms with Crippen LogP contribution in [0, 0.1) is 0 Å². The average molecular weight is 298 g/mol. The second-order valence-corrected chi connectivity index (χ2v) is 7.44. The van der Waals surface area contributed by atoms with Gasteiger partial charge < -0.3 is 0 Å². The standard InChI is InChI=1S/C14H16ClNO2S/c15-13-2-1-3-14(10-13)19(17,18)16-8-6-12(7-9-16)11-4-5-11/h1-3,10H,4-9H2. The number of piperidine rings is 1. The molecule has 0 atom stereocenters. The predicted molar refractivity (Wildman–Crippen MR) is 75.7 cm³/mol. The molecule has 1 saturated carbocycles. The molecule has 0 unspecified atom stereocenters. The third-order valence-electron chi connectivity index (χ3n) is 3.76. The van der Waals surface area contributed by atoms with E-state index in [1.54, 1.807) is 28.1 Å². The second-order valence-electron chi connectivity index (χ2n) is 5.07. The second kappa shape index (κ2) is 4.93. The number of allylic oxidation sites excluding steroid dienone is 1. The highest BCUT2D eigenvalue weighted by atomic mass is 35.5. The van der Waals surface area contributed by atoms with Crippen LogP contribution in [-0.4, -0.2) is 25.8 Å². The van der Waals surface area contributed by atoms with Crippen molar-refractivity contribution in [1.29, 1.82) is 0 Å². The summed E-state index contributed by atoms with van der Waals surface area (Å²) in [7, 11) is -3.39. The van der Waals surface area contributed by atoms with E-state index in [0.29, 0.717) is 23.0 Å². The third-order valence-corrected chi connectivity index (χ3v) is 5.89. The summed E-state index contributed by atoms with van der Waals surface area (Å²) in [6, 6.07) is 6.49. The maximum absolute atomic E-state index is 12.5. The molecule has 1 heterocycles. The molecule has 19 heavy (non-hydrogen) atoms. The van der Waals surface area contributed by atoms with Crippen molar-refractivity contribution in [3.8, 4) is 0 Å². The van der Waals surface area contributed by atoms with E-state index in [-0.39, 0.29) is 0 Å². The smallest absolute Gasteiger partial charge is 0.207 e. The van der Waals surface area contributed by atoms with Crippen molar-refractivity contribution in [2.45, 2.75) is 30.6 Å². The molecule has 0 radical (unpaired) electrons. The molecule has 1 aliphatic heterocycles. The lowest BCUT2D eigenvalue weighted by Gasteiger charge is -2.27. The van der Waals surface area contributed by atoms with Crippen molar-refractivity contribution in [2.75, 3.05) is 13.1 Å². The molecule has 0 amide bonds. The fourth-order valence-corrected chi connectivity index (χ4v) is 4.29. The molecule has 0 spiro atoms. The molecule has 0 bridgehead atoms. The van der Waals surface area contributed by atoms with Gasteiger partial charge in [-0.3, -0.25) is 0 Å². The lowest BCUT2D eigenvalue weighted by Crippen LogP contribution is -2.36. The van der Waals surface area contributed by atoms with Gasteiger partial charge >= 0.3 is 0 Å². The molecular formula is C14H16ClNO2S. The number of halogens is 1. The Labute approximate surface area is 118 Å². The first-order chi connectivity index (χ1) is 9.07. The van der Waals surface area contributed by atoms with Crippen molar-refractivity contribution >= 4 is 21.6 Å². The number of rotatable bonds is 2. The van der Waals surface area contributed by atoms with Crippen LogP contribution in [0.4, 0.5) is 0 Å². The topological polar surface area (TPSA) is 37.4 Å². The zero-order valence-electron chi connectivity index (χ0n) is 10.6. The van der Waals surface area contributed by atoms with Crippen LogP contribution in [0.1, 0.15) is 25.7 Å². The third kappa shape index (κ3) is 2.71. The van der Waals surface area contributed by atoms with Gasteiger partial charge in [0.25, 0.3) is 0 Å². The zero-order valence-corrected chi connectivity index (χ0v) is 12.2. The van der Waals surface area contributed by atoms with E-state index in [4.69, 9.17) is 11.6 Å². The highest BCUT2D eigenvalue weighted by Crippen LogP contribution is 2.36. The summed E-state index contributed by atoms with van der Waals surface area (Å²) < 4.78 is 26.5. The molecule has 3 rings (SSSR count). The van der Waals surface area contributed by atoms with Crippen molar-refractivity contribution in [3.63, 3.8) is 0 Å². The van der Waals surface area contributed by atoms with Crippen molar-refractivity contribution < 1.29 is 8.42 Å². The Bertz CT molecular complexity index is 621. The maximum Gasteiger partial charge on any atom is 0.243 e. The summed E-state index contributed by atoms with van der Waals surface area (Å²) in [6.45, 7) is 1.18. The van der Waals surface area contributed by atoms with Crippen molar-refractivity contribution in [2.24, 2.45) is 0 Å². The number of nitrogens with zero attached hydrogens (tertiary/aromatic N) is 1. The summed E-state index contributed by atoms with van der Waals surface area (Å²) in [5, 5.41) is 0.457. The van der Waals surface area contributed by atoms with E-state index in [0.717, 1.165) is 12.8 Å². The normalized spacial score (nSPS) is 20.7. The quantitative estimate of drug-likeness (QED) is 0.786. The molecule has 3 nitrogen and oxygen atoms in total. The van der Waals surface area contributed by atoms with Gasteiger partial charge in [-0.2, -0.15) is 4.31 Å². The average Bonchev–Trinajstić information content (AvgIpc) is 3.23. The predicted octanol–water partition coefficient (Wildman–Crippen LogP) is 3.21. The van der Waals surface area contributed by atoms with Crippen LogP contribution in [0.3, 0.4) is 0 Å². The van der Waals surface area contributed by atoms with E-state index in [1.807, 2.05) is 0 Å². The molecule has 5 heteroatoms. The van der Waals surface area contributed by atoms with Gasteiger partial charge in [0.15, 0.2) is 0 Å². The monoisotopic (exact) mass is 297 g/mol. The van der Waals surface area contributed by atoms with E-state index >= 15 is 0 Å². The molecule has 0 N–H and O–H groups in total. The SMILES string of the molecule is O=S(=O)(c1cccc(Cl)c1)N1CCC(=C2CC2)CC1. The summed E-state index contributed by atoms with van der Waals surface area (Å²) in [5.41, 5.74) is 3.04. The Morgan fingerprint density at radius 3 is 2.21 bits per heavy atom. The largest absolute Gasteiger partial charge is 0.243 e. The van der Waals surface area contributed by atoms with E-state index < -0.39 is 10.0 Å². The number of hydrogen-bond acceptors (Lipinski definition) is 2. The van der Waals surface area contributed by atoms with Crippen LogP contribution in [-0.2, 0) is 10.0 Å². The molecule has 1 aromatic rings. The lowest BCUT2D eigenvalue weighted by molar-refractivity contribution is 0.386. The van der Waals surface area contributed by atoms with Gasteiger partial charge in [-0.1, -0.05) is 28.8 Å². The molecule has 102 valence electrons. The van der Waals surface area contributed by atoms with Gasteiger partial charge in [-0.15, -0.1) is 0 Å².